The van der Waals surface area contributed by atoms with Crippen molar-refractivity contribution in [3.05, 3.63) is 78.4 Å². The first-order valence-electron chi connectivity index (χ1n) is 5.95. The molecule has 0 unspecified atom stereocenters. The standard InChI is InChI=1S/C16H11NO2/c18-15(13-9-5-2-6-10-13)16-17-14(11-19-16)12-7-3-1-4-8-12/h1-11H. The number of carbonyl (C=O) groups excluding carboxylic acids is 1. The third kappa shape index (κ3) is 2.31. The van der Waals surface area contributed by atoms with Crippen LogP contribution in [0.1, 0.15) is 16.2 Å². The maximum absolute atomic E-state index is 12.1. The highest BCUT2D eigenvalue weighted by molar-refractivity contribution is 6.06. The molecule has 3 heteroatoms. The van der Waals surface area contributed by atoms with E-state index in [2.05, 4.69) is 4.98 Å². The van der Waals surface area contributed by atoms with Crippen LogP contribution in [-0.2, 0) is 0 Å². The Morgan fingerprint density at radius 2 is 1.53 bits per heavy atom. The van der Waals surface area contributed by atoms with E-state index in [4.69, 9.17) is 4.42 Å². The van der Waals surface area contributed by atoms with E-state index in [0.29, 0.717) is 11.3 Å². The van der Waals surface area contributed by atoms with Crippen molar-refractivity contribution in [3.8, 4) is 11.3 Å². The molecule has 0 radical (unpaired) electrons. The summed E-state index contributed by atoms with van der Waals surface area (Å²) in [6.07, 6.45) is 1.51. The first kappa shape index (κ1) is 11.4. The largest absolute Gasteiger partial charge is 0.441 e. The molecule has 92 valence electrons. The van der Waals surface area contributed by atoms with Crippen molar-refractivity contribution in [3.63, 3.8) is 0 Å². The summed E-state index contributed by atoms with van der Waals surface area (Å²) in [5.74, 6) is -0.0900. The molecule has 3 rings (SSSR count). The summed E-state index contributed by atoms with van der Waals surface area (Å²) in [6, 6.07) is 18.6. The summed E-state index contributed by atoms with van der Waals surface area (Å²) >= 11 is 0. The second-order valence-corrected chi connectivity index (χ2v) is 4.10. The number of oxazole rings is 1. The molecular weight excluding hydrogens is 238 g/mol. The Morgan fingerprint density at radius 1 is 0.895 bits per heavy atom. The fraction of sp³-hybridized carbons (Fsp3) is 0. The van der Waals surface area contributed by atoms with Crippen LogP contribution in [0.4, 0.5) is 0 Å². The second-order valence-electron chi connectivity index (χ2n) is 4.10. The zero-order valence-corrected chi connectivity index (χ0v) is 10.1. The van der Waals surface area contributed by atoms with Gasteiger partial charge >= 0.3 is 0 Å². The lowest BCUT2D eigenvalue weighted by atomic mass is 10.1. The summed E-state index contributed by atoms with van der Waals surface area (Å²) in [6.45, 7) is 0. The molecule has 3 aromatic rings. The molecule has 0 N–H and O–H groups in total. The van der Waals surface area contributed by atoms with Crippen molar-refractivity contribution in [2.24, 2.45) is 0 Å². The number of nitrogens with zero attached hydrogens (tertiary/aromatic N) is 1. The SMILES string of the molecule is O=C(c1ccccc1)c1nc(-c2ccccc2)co1. The van der Waals surface area contributed by atoms with Crippen LogP contribution in [0, 0.1) is 0 Å². The molecule has 0 saturated carbocycles. The summed E-state index contributed by atoms with van der Waals surface area (Å²) in [4.78, 5) is 16.4. The molecule has 19 heavy (non-hydrogen) atoms. The van der Waals surface area contributed by atoms with Crippen LogP contribution < -0.4 is 0 Å². The van der Waals surface area contributed by atoms with Crippen LogP contribution in [0.2, 0.25) is 0 Å². The average Bonchev–Trinajstić information content (AvgIpc) is 2.98. The smallest absolute Gasteiger partial charge is 0.268 e. The Morgan fingerprint density at radius 3 is 2.21 bits per heavy atom. The van der Waals surface area contributed by atoms with Crippen molar-refractivity contribution >= 4 is 5.78 Å². The molecule has 0 aliphatic rings. The minimum absolute atomic E-state index is 0.116. The Bertz CT molecular complexity index is 687. The number of rotatable bonds is 3. The fourth-order valence-electron chi connectivity index (χ4n) is 1.83. The first-order valence-corrected chi connectivity index (χ1v) is 5.95. The highest BCUT2D eigenvalue weighted by Gasteiger charge is 2.15. The number of ketones is 1. The lowest BCUT2D eigenvalue weighted by Gasteiger charge is -1.95. The summed E-state index contributed by atoms with van der Waals surface area (Å²) in [5, 5.41) is 0. The number of benzene rings is 2. The predicted molar refractivity (Wildman–Crippen MR) is 71.8 cm³/mol. The zero-order valence-electron chi connectivity index (χ0n) is 10.1. The van der Waals surface area contributed by atoms with E-state index in [1.54, 1.807) is 12.1 Å². The van der Waals surface area contributed by atoms with Crippen LogP contribution >= 0.6 is 0 Å². The number of aromatic nitrogens is 1. The second kappa shape index (κ2) is 4.90. The van der Waals surface area contributed by atoms with E-state index in [1.165, 1.54) is 6.26 Å². The lowest BCUT2D eigenvalue weighted by Crippen LogP contribution is -2.01. The Balaban J connectivity index is 1.92. The van der Waals surface area contributed by atoms with E-state index in [-0.39, 0.29) is 11.7 Å². The molecule has 0 spiro atoms. The minimum atomic E-state index is -0.206. The van der Waals surface area contributed by atoms with Gasteiger partial charge in [-0.25, -0.2) is 4.98 Å². The van der Waals surface area contributed by atoms with Crippen molar-refractivity contribution in [1.29, 1.82) is 0 Å². The van der Waals surface area contributed by atoms with Gasteiger partial charge in [0.05, 0.1) is 0 Å². The van der Waals surface area contributed by atoms with Crippen molar-refractivity contribution < 1.29 is 9.21 Å². The topological polar surface area (TPSA) is 43.1 Å². The highest BCUT2D eigenvalue weighted by Crippen LogP contribution is 2.19. The van der Waals surface area contributed by atoms with Crippen molar-refractivity contribution in [2.45, 2.75) is 0 Å². The molecule has 1 aromatic heterocycles. The van der Waals surface area contributed by atoms with Gasteiger partial charge in [-0.3, -0.25) is 4.79 Å². The van der Waals surface area contributed by atoms with E-state index in [9.17, 15) is 4.79 Å². The summed E-state index contributed by atoms with van der Waals surface area (Å²) < 4.78 is 5.27. The Hall–Kier alpha value is -2.68. The van der Waals surface area contributed by atoms with E-state index < -0.39 is 0 Å². The molecule has 0 amide bonds. The van der Waals surface area contributed by atoms with Gasteiger partial charge in [0.25, 0.3) is 5.89 Å². The molecule has 2 aromatic carbocycles. The van der Waals surface area contributed by atoms with Gasteiger partial charge in [-0.2, -0.15) is 0 Å². The Labute approximate surface area is 110 Å². The van der Waals surface area contributed by atoms with Gasteiger partial charge in [-0.1, -0.05) is 60.7 Å². The van der Waals surface area contributed by atoms with Crippen LogP contribution in [0.3, 0.4) is 0 Å². The van der Waals surface area contributed by atoms with Gasteiger partial charge in [-0.05, 0) is 0 Å². The molecule has 1 heterocycles. The first-order chi connectivity index (χ1) is 9.34. The van der Waals surface area contributed by atoms with E-state index in [1.807, 2.05) is 48.5 Å². The van der Waals surface area contributed by atoms with E-state index in [0.717, 1.165) is 5.56 Å². The van der Waals surface area contributed by atoms with Crippen LogP contribution in [0.5, 0.6) is 0 Å². The quantitative estimate of drug-likeness (QED) is 0.666. The fourth-order valence-corrected chi connectivity index (χ4v) is 1.83. The number of carbonyl (C=O) groups is 1. The van der Waals surface area contributed by atoms with Crippen LogP contribution in [0.15, 0.2) is 71.3 Å². The van der Waals surface area contributed by atoms with Crippen molar-refractivity contribution in [2.75, 3.05) is 0 Å². The maximum Gasteiger partial charge on any atom is 0.268 e. The normalized spacial score (nSPS) is 10.3. The highest BCUT2D eigenvalue weighted by atomic mass is 16.3. The van der Waals surface area contributed by atoms with Gasteiger partial charge in [-0.15, -0.1) is 0 Å². The minimum Gasteiger partial charge on any atom is -0.441 e. The van der Waals surface area contributed by atoms with Gasteiger partial charge in [0.15, 0.2) is 0 Å². The molecule has 0 aliphatic heterocycles. The van der Waals surface area contributed by atoms with Gasteiger partial charge in [0.2, 0.25) is 5.78 Å². The molecule has 0 bridgehead atoms. The average molecular weight is 249 g/mol. The lowest BCUT2D eigenvalue weighted by molar-refractivity contribution is 0.100. The van der Waals surface area contributed by atoms with Gasteiger partial charge in [0, 0.05) is 11.1 Å². The molecule has 3 nitrogen and oxygen atoms in total. The number of hydrogen-bond donors (Lipinski definition) is 0. The monoisotopic (exact) mass is 249 g/mol. The molecule has 0 aliphatic carbocycles. The molecular formula is C16H11NO2. The predicted octanol–water partition coefficient (Wildman–Crippen LogP) is 3.57. The summed E-state index contributed by atoms with van der Waals surface area (Å²) in [7, 11) is 0. The molecule has 0 saturated heterocycles. The third-order valence-corrected chi connectivity index (χ3v) is 2.80. The summed E-state index contributed by atoms with van der Waals surface area (Å²) in [5.41, 5.74) is 2.17. The van der Waals surface area contributed by atoms with E-state index >= 15 is 0 Å². The van der Waals surface area contributed by atoms with Crippen LogP contribution in [-0.4, -0.2) is 10.8 Å². The van der Waals surface area contributed by atoms with Gasteiger partial charge < -0.3 is 4.42 Å². The number of hydrogen-bond acceptors (Lipinski definition) is 3. The zero-order chi connectivity index (χ0) is 13.1. The maximum atomic E-state index is 12.1. The Kier molecular flexibility index (Phi) is 2.94. The molecule has 0 atom stereocenters. The van der Waals surface area contributed by atoms with Crippen molar-refractivity contribution in [1.82, 2.24) is 4.98 Å². The molecule has 0 fully saturated rings. The third-order valence-electron chi connectivity index (χ3n) is 2.80. The van der Waals surface area contributed by atoms with Crippen LogP contribution in [0.25, 0.3) is 11.3 Å². The van der Waals surface area contributed by atoms with Gasteiger partial charge in [0.1, 0.15) is 12.0 Å².